The van der Waals surface area contributed by atoms with E-state index < -0.39 is 4.92 Å². The molecule has 2 aliphatic carbocycles. The summed E-state index contributed by atoms with van der Waals surface area (Å²) < 4.78 is 0. The molecule has 0 unspecified atom stereocenters. The highest BCUT2D eigenvalue weighted by Gasteiger charge is 2.30. The van der Waals surface area contributed by atoms with Crippen LogP contribution < -0.4 is 4.90 Å². The smallest absolute Gasteiger partial charge is 0.280 e. The summed E-state index contributed by atoms with van der Waals surface area (Å²) in [6, 6.07) is 4.89. The molecule has 0 aliphatic heterocycles. The SMILES string of the molecule is O=Cc1cc(N(CC2CC2)CC2CC2)ccc1[N+](=O)[O-]. The van der Waals surface area contributed by atoms with Crippen molar-refractivity contribution in [3.8, 4) is 0 Å². The molecule has 0 aromatic heterocycles. The molecular weight excluding hydrogens is 256 g/mol. The largest absolute Gasteiger partial charge is 0.371 e. The predicted octanol–water partition coefficient (Wildman–Crippen LogP) is 3.03. The van der Waals surface area contributed by atoms with E-state index in [-0.39, 0.29) is 11.3 Å². The van der Waals surface area contributed by atoms with Gasteiger partial charge in [0.25, 0.3) is 5.69 Å². The molecule has 0 saturated heterocycles. The van der Waals surface area contributed by atoms with Crippen LogP contribution in [0.4, 0.5) is 11.4 Å². The molecule has 2 fully saturated rings. The Morgan fingerprint density at radius 1 is 1.20 bits per heavy atom. The van der Waals surface area contributed by atoms with Gasteiger partial charge in [-0.05, 0) is 49.7 Å². The number of carbonyl (C=O) groups excluding carboxylic acids is 1. The van der Waals surface area contributed by atoms with Gasteiger partial charge in [-0.1, -0.05) is 0 Å². The van der Waals surface area contributed by atoms with Gasteiger partial charge in [-0.2, -0.15) is 0 Å². The Kier molecular flexibility index (Phi) is 3.42. The lowest BCUT2D eigenvalue weighted by Crippen LogP contribution is -2.28. The summed E-state index contributed by atoms with van der Waals surface area (Å²) in [6.45, 7) is 2.01. The minimum atomic E-state index is -0.500. The van der Waals surface area contributed by atoms with Gasteiger partial charge in [-0.3, -0.25) is 14.9 Å². The third kappa shape index (κ3) is 2.98. The van der Waals surface area contributed by atoms with Crippen LogP contribution in [0.1, 0.15) is 36.0 Å². The molecule has 0 spiro atoms. The van der Waals surface area contributed by atoms with Gasteiger partial charge >= 0.3 is 0 Å². The molecule has 0 N–H and O–H groups in total. The highest BCUT2D eigenvalue weighted by Crippen LogP contribution is 2.36. The topological polar surface area (TPSA) is 63.5 Å². The van der Waals surface area contributed by atoms with E-state index in [0.29, 0.717) is 6.29 Å². The van der Waals surface area contributed by atoms with Crippen LogP contribution in [0.2, 0.25) is 0 Å². The first-order valence-electron chi connectivity index (χ1n) is 7.16. The van der Waals surface area contributed by atoms with Crippen LogP contribution in [0.3, 0.4) is 0 Å². The van der Waals surface area contributed by atoms with Crippen molar-refractivity contribution in [3.05, 3.63) is 33.9 Å². The van der Waals surface area contributed by atoms with Crippen LogP contribution in [-0.2, 0) is 0 Å². The van der Waals surface area contributed by atoms with Crippen molar-refractivity contribution in [1.29, 1.82) is 0 Å². The van der Waals surface area contributed by atoms with E-state index in [2.05, 4.69) is 4.90 Å². The van der Waals surface area contributed by atoms with E-state index in [1.165, 1.54) is 31.7 Å². The van der Waals surface area contributed by atoms with Gasteiger partial charge in [0, 0.05) is 24.8 Å². The van der Waals surface area contributed by atoms with E-state index >= 15 is 0 Å². The van der Waals surface area contributed by atoms with Crippen LogP contribution in [0.5, 0.6) is 0 Å². The number of benzene rings is 1. The number of nitrogens with zero attached hydrogens (tertiary/aromatic N) is 2. The number of hydrogen-bond acceptors (Lipinski definition) is 4. The van der Waals surface area contributed by atoms with E-state index in [4.69, 9.17) is 0 Å². The molecule has 0 bridgehead atoms. The summed E-state index contributed by atoms with van der Waals surface area (Å²) in [5, 5.41) is 10.9. The maximum Gasteiger partial charge on any atom is 0.280 e. The van der Waals surface area contributed by atoms with Gasteiger partial charge in [0.05, 0.1) is 10.5 Å². The van der Waals surface area contributed by atoms with Gasteiger partial charge in [0.2, 0.25) is 0 Å². The highest BCUT2D eigenvalue weighted by molar-refractivity contribution is 5.83. The molecule has 3 rings (SSSR count). The zero-order valence-electron chi connectivity index (χ0n) is 11.3. The number of carbonyl (C=O) groups is 1. The Bertz CT molecular complexity index is 522. The van der Waals surface area contributed by atoms with Crippen LogP contribution in [0.15, 0.2) is 18.2 Å². The Morgan fingerprint density at radius 2 is 1.80 bits per heavy atom. The van der Waals surface area contributed by atoms with Crippen LogP contribution in [-0.4, -0.2) is 24.3 Å². The van der Waals surface area contributed by atoms with E-state index in [9.17, 15) is 14.9 Å². The normalized spacial score (nSPS) is 17.8. The Hall–Kier alpha value is -1.91. The third-order valence-electron chi connectivity index (χ3n) is 4.05. The van der Waals surface area contributed by atoms with Gasteiger partial charge in [-0.25, -0.2) is 0 Å². The van der Waals surface area contributed by atoms with Crippen molar-refractivity contribution < 1.29 is 9.72 Å². The number of aldehydes is 1. The van der Waals surface area contributed by atoms with Crippen molar-refractivity contribution >= 4 is 17.7 Å². The molecule has 2 saturated carbocycles. The van der Waals surface area contributed by atoms with Crippen molar-refractivity contribution in [2.75, 3.05) is 18.0 Å². The molecule has 0 radical (unpaired) electrons. The average molecular weight is 274 g/mol. The molecule has 5 heteroatoms. The lowest BCUT2D eigenvalue weighted by molar-refractivity contribution is -0.385. The summed E-state index contributed by atoms with van der Waals surface area (Å²) in [6.07, 6.45) is 5.67. The van der Waals surface area contributed by atoms with Crippen LogP contribution in [0, 0.1) is 22.0 Å². The Balaban J connectivity index is 1.84. The average Bonchev–Trinajstić information content (AvgIpc) is 3.32. The molecule has 5 nitrogen and oxygen atoms in total. The number of nitro benzene ring substituents is 1. The quantitative estimate of drug-likeness (QED) is 0.435. The maximum atomic E-state index is 11.1. The molecular formula is C15H18N2O3. The lowest BCUT2D eigenvalue weighted by Gasteiger charge is -2.25. The molecule has 0 heterocycles. The fraction of sp³-hybridized carbons (Fsp3) is 0.533. The standard InChI is InChI=1S/C15H18N2O3/c18-10-13-7-14(5-6-15(13)17(19)20)16(8-11-1-2-11)9-12-3-4-12/h5-7,10-12H,1-4,8-9H2. The second kappa shape index (κ2) is 5.23. The monoisotopic (exact) mass is 274 g/mol. The third-order valence-corrected chi connectivity index (χ3v) is 4.05. The van der Waals surface area contributed by atoms with E-state index in [1.807, 2.05) is 0 Å². The number of anilines is 1. The minimum Gasteiger partial charge on any atom is -0.371 e. The van der Waals surface area contributed by atoms with Crippen LogP contribution >= 0.6 is 0 Å². The van der Waals surface area contributed by atoms with E-state index in [0.717, 1.165) is 30.6 Å². The van der Waals surface area contributed by atoms with Crippen molar-refractivity contribution in [3.63, 3.8) is 0 Å². The first-order chi connectivity index (χ1) is 9.67. The summed E-state index contributed by atoms with van der Waals surface area (Å²) in [4.78, 5) is 23.7. The molecule has 1 aromatic rings. The Labute approximate surface area is 117 Å². The zero-order valence-corrected chi connectivity index (χ0v) is 11.3. The summed E-state index contributed by atoms with van der Waals surface area (Å²) >= 11 is 0. The van der Waals surface area contributed by atoms with Crippen molar-refractivity contribution in [2.45, 2.75) is 25.7 Å². The van der Waals surface area contributed by atoms with Crippen LogP contribution in [0.25, 0.3) is 0 Å². The molecule has 106 valence electrons. The van der Waals surface area contributed by atoms with Gasteiger partial charge < -0.3 is 4.90 Å². The first kappa shape index (κ1) is 13.1. The zero-order chi connectivity index (χ0) is 14.1. The van der Waals surface area contributed by atoms with Gasteiger partial charge in [0.15, 0.2) is 6.29 Å². The Morgan fingerprint density at radius 3 is 2.25 bits per heavy atom. The molecule has 0 atom stereocenters. The second-order valence-electron chi connectivity index (χ2n) is 5.91. The fourth-order valence-corrected chi connectivity index (χ4v) is 2.51. The molecule has 1 aromatic carbocycles. The lowest BCUT2D eigenvalue weighted by atomic mass is 10.1. The summed E-state index contributed by atoms with van der Waals surface area (Å²) in [5.74, 6) is 1.51. The maximum absolute atomic E-state index is 11.1. The second-order valence-corrected chi connectivity index (χ2v) is 5.91. The van der Waals surface area contributed by atoms with E-state index in [1.54, 1.807) is 12.1 Å². The van der Waals surface area contributed by atoms with Crippen molar-refractivity contribution in [1.82, 2.24) is 0 Å². The number of rotatable bonds is 7. The fourth-order valence-electron chi connectivity index (χ4n) is 2.51. The van der Waals surface area contributed by atoms with Gasteiger partial charge in [0.1, 0.15) is 0 Å². The first-order valence-corrected chi connectivity index (χ1v) is 7.16. The van der Waals surface area contributed by atoms with Gasteiger partial charge in [-0.15, -0.1) is 0 Å². The highest BCUT2D eigenvalue weighted by atomic mass is 16.6. The number of nitro groups is 1. The van der Waals surface area contributed by atoms with Crippen molar-refractivity contribution in [2.24, 2.45) is 11.8 Å². The predicted molar refractivity (Wildman–Crippen MR) is 76.1 cm³/mol. The molecule has 2 aliphatic rings. The molecule has 0 amide bonds. The number of hydrogen-bond donors (Lipinski definition) is 0. The summed E-state index contributed by atoms with van der Waals surface area (Å²) in [7, 11) is 0. The summed E-state index contributed by atoms with van der Waals surface area (Å²) in [5.41, 5.74) is 1.00. The minimum absolute atomic E-state index is 0.110. The molecule has 20 heavy (non-hydrogen) atoms.